The number of hydrogen-bond acceptors (Lipinski definition) is 3. The van der Waals surface area contributed by atoms with Gasteiger partial charge in [0, 0.05) is 25.0 Å². The van der Waals surface area contributed by atoms with Crippen LogP contribution in [0.3, 0.4) is 0 Å². The molecule has 0 aromatic heterocycles. The second-order valence-electron chi connectivity index (χ2n) is 5.51. The predicted molar refractivity (Wildman–Crippen MR) is 82.6 cm³/mol. The van der Waals surface area contributed by atoms with Gasteiger partial charge in [-0.15, -0.1) is 0 Å². The molecule has 1 fully saturated rings. The molecule has 5 nitrogen and oxygen atoms in total. The van der Waals surface area contributed by atoms with Crippen molar-refractivity contribution < 1.29 is 26.4 Å². The van der Waals surface area contributed by atoms with Crippen LogP contribution in [0.1, 0.15) is 22.3 Å². The molecule has 24 heavy (non-hydrogen) atoms. The average Bonchev–Trinajstić information content (AvgIpc) is 3.00. The van der Waals surface area contributed by atoms with Crippen molar-refractivity contribution >= 4 is 15.9 Å². The van der Waals surface area contributed by atoms with E-state index in [9.17, 15) is 26.4 Å². The van der Waals surface area contributed by atoms with Crippen LogP contribution in [0.2, 0.25) is 0 Å². The number of rotatable bonds is 5. The van der Waals surface area contributed by atoms with Crippen molar-refractivity contribution in [2.45, 2.75) is 12.6 Å². The summed E-state index contributed by atoms with van der Waals surface area (Å²) in [4.78, 5) is 13.7. The Kier molecular flexibility index (Phi) is 5.34. The van der Waals surface area contributed by atoms with E-state index in [4.69, 9.17) is 0 Å². The molecule has 1 aliphatic rings. The topological polar surface area (TPSA) is 66.5 Å². The predicted octanol–water partition coefficient (Wildman–Crippen LogP) is 2.23. The van der Waals surface area contributed by atoms with Gasteiger partial charge in [0.25, 0.3) is 5.91 Å². The molecule has 1 amide bonds. The molecule has 1 heterocycles. The molecule has 1 aliphatic heterocycles. The fourth-order valence-corrected chi connectivity index (χ4v) is 3.15. The van der Waals surface area contributed by atoms with Gasteiger partial charge in [-0.25, -0.2) is 13.1 Å². The maximum atomic E-state index is 13.0. The van der Waals surface area contributed by atoms with Crippen LogP contribution in [-0.4, -0.2) is 38.9 Å². The van der Waals surface area contributed by atoms with Crippen LogP contribution in [0.25, 0.3) is 0 Å². The first-order chi connectivity index (χ1) is 11.1. The molecule has 0 aliphatic carbocycles. The Bertz CT molecular complexity index is 732. The maximum Gasteiger partial charge on any atom is 0.417 e. The minimum absolute atomic E-state index is 0.110. The fourth-order valence-electron chi connectivity index (χ4n) is 2.56. The van der Waals surface area contributed by atoms with E-state index in [2.05, 4.69) is 11.3 Å². The molecular formula is C15H17F3N2O3S. The van der Waals surface area contributed by atoms with Crippen LogP contribution < -0.4 is 4.72 Å². The van der Waals surface area contributed by atoms with Crippen molar-refractivity contribution in [3.63, 3.8) is 0 Å². The van der Waals surface area contributed by atoms with Gasteiger partial charge in [0.2, 0.25) is 10.0 Å². The van der Waals surface area contributed by atoms with E-state index in [-0.39, 0.29) is 25.6 Å². The van der Waals surface area contributed by atoms with Gasteiger partial charge < -0.3 is 4.90 Å². The third-order valence-corrected chi connectivity index (χ3v) is 4.84. The van der Waals surface area contributed by atoms with E-state index in [0.29, 0.717) is 6.42 Å². The SMILES string of the molecule is C=CS(=O)(=O)NC[C@H]1CCN(C(=O)c2ccccc2C(F)(F)F)C1. The summed E-state index contributed by atoms with van der Waals surface area (Å²) >= 11 is 0. The van der Waals surface area contributed by atoms with Crippen molar-refractivity contribution in [2.24, 2.45) is 5.92 Å². The summed E-state index contributed by atoms with van der Waals surface area (Å²) in [7, 11) is -3.56. The van der Waals surface area contributed by atoms with Gasteiger partial charge in [-0.3, -0.25) is 4.79 Å². The van der Waals surface area contributed by atoms with Gasteiger partial charge in [0.05, 0.1) is 11.1 Å². The van der Waals surface area contributed by atoms with Crippen LogP contribution in [-0.2, 0) is 16.2 Å². The van der Waals surface area contributed by atoms with Crippen molar-refractivity contribution in [1.29, 1.82) is 0 Å². The third-order valence-electron chi connectivity index (χ3n) is 3.83. The average molecular weight is 362 g/mol. The smallest absolute Gasteiger partial charge is 0.338 e. The Balaban J connectivity index is 2.07. The molecule has 0 bridgehead atoms. The van der Waals surface area contributed by atoms with E-state index in [1.54, 1.807) is 0 Å². The zero-order chi connectivity index (χ0) is 18.0. The third kappa shape index (κ3) is 4.35. The van der Waals surface area contributed by atoms with Crippen molar-refractivity contribution in [3.8, 4) is 0 Å². The highest BCUT2D eigenvalue weighted by Crippen LogP contribution is 2.33. The lowest BCUT2D eigenvalue weighted by Gasteiger charge is -2.19. The molecule has 0 unspecified atom stereocenters. The van der Waals surface area contributed by atoms with E-state index >= 15 is 0 Å². The molecule has 0 saturated carbocycles. The van der Waals surface area contributed by atoms with Gasteiger partial charge in [-0.2, -0.15) is 13.2 Å². The highest BCUT2D eigenvalue weighted by molar-refractivity contribution is 7.92. The first kappa shape index (κ1) is 18.5. The number of amides is 1. The van der Waals surface area contributed by atoms with Gasteiger partial charge in [0.1, 0.15) is 0 Å². The van der Waals surface area contributed by atoms with E-state index < -0.39 is 33.2 Å². The summed E-state index contributed by atoms with van der Waals surface area (Å²) in [5.41, 5.74) is -1.36. The highest BCUT2D eigenvalue weighted by Gasteiger charge is 2.37. The zero-order valence-electron chi connectivity index (χ0n) is 12.7. The highest BCUT2D eigenvalue weighted by atomic mass is 32.2. The maximum absolute atomic E-state index is 13.0. The van der Waals surface area contributed by atoms with Crippen LogP contribution in [0.4, 0.5) is 13.2 Å². The Morgan fingerprint density at radius 1 is 1.38 bits per heavy atom. The number of sulfonamides is 1. The largest absolute Gasteiger partial charge is 0.417 e. The molecule has 1 atom stereocenters. The summed E-state index contributed by atoms with van der Waals surface area (Å²) in [6, 6.07) is 4.64. The van der Waals surface area contributed by atoms with Gasteiger partial charge in [-0.05, 0) is 24.5 Å². The molecule has 2 rings (SSSR count). The first-order valence-corrected chi connectivity index (χ1v) is 8.76. The molecule has 9 heteroatoms. The standard InChI is InChI=1S/C15H17F3N2O3S/c1-2-24(22,23)19-9-11-7-8-20(10-11)14(21)12-5-3-4-6-13(12)15(16,17)18/h2-6,11,19H,1,7-10H2/t11-/m1/s1. The summed E-state index contributed by atoms with van der Waals surface area (Å²) in [6.45, 7) is 3.76. The number of halogens is 3. The molecule has 132 valence electrons. The number of carbonyl (C=O) groups excluding carboxylic acids is 1. The fraction of sp³-hybridized carbons (Fsp3) is 0.400. The molecule has 1 aromatic carbocycles. The monoisotopic (exact) mass is 362 g/mol. The van der Waals surface area contributed by atoms with Crippen molar-refractivity contribution in [1.82, 2.24) is 9.62 Å². The van der Waals surface area contributed by atoms with Crippen LogP contribution in [0.15, 0.2) is 36.3 Å². The van der Waals surface area contributed by atoms with Crippen LogP contribution in [0.5, 0.6) is 0 Å². The number of likely N-dealkylation sites (tertiary alicyclic amines) is 1. The number of nitrogens with zero attached hydrogens (tertiary/aromatic N) is 1. The minimum atomic E-state index is -4.61. The Hall–Kier alpha value is -1.87. The van der Waals surface area contributed by atoms with Crippen molar-refractivity contribution in [3.05, 3.63) is 47.4 Å². The minimum Gasteiger partial charge on any atom is -0.338 e. The molecule has 0 spiro atoms. The second kappa shape index (κ2) is 6.94. The van der Waals surface area contributed by atoms with Crippen molar-refractivity contribution in [2.75, 3.05) is 19.6 Å². The Morgan fingerprint density at radius 3 is 2.67 bits per heavy atom. The summed E-state index contributed by atoms with van der Waals surface area (Å²) in [6.07, 6.45) is -4.09. The Labute approximate surface area is 138 Å². The van der Waals surface area contributed by atoms with Gasteiger partial charge in [0.15, 0.2) is 0 Å². The summed E-state index contributed by atoms with van der Waals surface area (Å²) in [5.74, 6) is -0.848. The molecule has 0 radical (unpaired) electrons. The lowest BCUT2D eigenvalue weighted by Crippen LogP contribution is -2.33. The van der Waals surface area contributed by atoms with E-state index in [1.807, 2.05) is 0 Å². The van der Waals surface area contributed by atoms with Crippen LogP contribution >= 0.6 is 0 Å². The molecule has 1 aromatic rings. The van der Waals surface area contributed by atoms with Gasteiger partial charge >= 0.3 is 6.18 Å². The lowest BCUT2D eigenvalue weighted by atomic mass is 10.1. The quantitative estimate of drug-likeness (QED) is 0.874. The van der Waals surface area contributed by atoms with Crippen LogP contribution in [0, 0.1) is 5.92 Å². The first-order valence-electron chi connectivity index (χ1n) is 7.21. The summed E-state index contributed by atoms with van der Waals surface area (Å²) in [5, 5.41) is 0.782. The number of benzene rings is 1. The number of carbonyl (C=O) groups is 1. The molecular weight excluding hydrogens is 345 g/mol. The molecule has 1 saturated heterocycles. The number of hydrogen-bond donors (Lipinski definition) is 1. The zero-order valence-corrected chi connectivity index (χ0v) is 13.5. The number of nitrogens with one attached hydrogen (secondary N) is 1. The van der Waals surface area contributed by atoms with E-state index in [0.717, 1.165) is 17.5 Å². The van der Waals surface area contributed by atoms with Gasteiger partial charge in [-0.1, -0.05) is 18.7 Å². The van der Waals surface area contributed by atoms with E-state index in [1.165, 1.54) is 17.0 Å². The second-order valence-corrected chi connectivity index (χ2v) is 7.22. The normalized spacial score (nSPS) is 18.6. The Morgan fingerprint density at radius 2 is 2.04 bits per heavy atom. The molecule has 1 N–H and O–H groups in total. The lowest BCUT2D eigenvalue weighted by molar-refractivity contribution is -0.138. The summed E-state index contributed by atoms with van der Waals surface area (Å²) < 4.78 is 64.0. The number of alkyl halides is 3.